The van der Waals surface area contributed by atoms with Crippen LogP contribution in [0.1, 0.15) is 33.2 Å². The molecule has 2 aromatic rings. The van der Waals surface area contributed by atoms with Gasteiger partial charge in [-0.1, -0.05) is 31.2 Å². The number of carboxylic acid groups (broad SMARTS) is 1. The Morgan fingerprint density at radius 1 is 1.05 bits per heavy atom. The molecule has 1 amide bonds. The summed E-state index contributed by atoms with van der Waals surface area (Å²) in [6, 6.07) is 11.3. The maximum atomic E-state index is 12.3. The van der Waals surface area contributed by atoms with E-state index in [-0.39, 0.29) is 17.2 Å². The summed E-state index contributed by atoms with van der Waals surface area (Å²) in [6.45, 7) is 1.94. The quantitative estimate of drug-likeness (QED) is 0.754. The van der Waals surface area contributed by atoms with E-state index in [4.69, 9.17) is 5.11 Å². The summed E-state index contributed by atoms with van der Waals surface area (Å²) >= 11 is 0. The Kier molecular flexibility index (Phi) is 4.23. The van der Waals surface area contributed by atoms with Gasteiger partial charge in [-0.15, -0.1) is 0 Å². The molecule has 0 saturated heterocycles. The number of phenols is 1. The number of anilines is 1. The fraction of sp³-hybridized carbons (Fsp3) is 0.125. The van der Waals surface area contributed by atoms with Crippen LogP contribution in [0.2, 0.25) is 0 Å². The van der Waals surface area contributed by atoms with Crippen molar-refractivity contribution in [2.24, 2.45) is 0 Å². The van der Waals surface area contributed by atoms with Gasteiger partial charge in [0.05, 0.1) is 5.69 Å². The molecule has 3 N–H and O–H groups in total. The molecule has 0 saturated carbocycles. The lowest BCUT2D eigenvalue weighted by atomic mass is 10.0. The molecule has 0 aromatic heterocycles. The zero-order valence-electron chi connectivity index (χ0n) is 11.5. The van der Waals surface area contributed by atoms with Crippen molar-refractivity contribution < 1.29 is 19.8 Å². The van der Waals surface area contributed by atoms with Gasteiger partial charge >= 0.3 is 5.97 Å². The smallest absolute Gasteiger partial charge is 0.339 e. The van der Waals surface area contributed by atoms with Crippen LogP contribution in [-0.4, -0.2) is 22.1 Å². The summed E-state index contributed by atoms with van der Waals surface area (Å²) in [5.41, 5.74) is 1.20. The van der Waals surface area contributed by atoms with Crippen molar-refractivity contribution in [1.29, 1.82) is 0 Å². The van der Waals surface area contributed by atoms with Gasteiger partial charge in [-0.05, 0) is 30.2 Å². The number of nitrogens with one attached hydrogen (secondary N) is 1. The van der Waals surface area contributed by atoms with E-state index in [1.165, 1.54) is 18.2 Å². The maximum Gasteiger partial charge on any atom is 0.339 e. The van der Waals surface area contributed by atoms with Gasteiger partial charge in [0.1, 0.15) is 5.56 Å². The van der Waals surface area contributed by atoms with Crippen LogP contribution in [0.4, 0.5) is 5.69 Å². The Labute approximate surface area is 121 Å². The SMILES string of the molecule is CCc1ccccc1C(=O)Nc1cccc(C(=O)O)c1O. The zero-order valence-corrected chi connectivity index (χ0v) is 11.5. The third-order valence-electron chi connectivity index (χ3n) is 3.16. The second-order valence-corrected chi connectivity index (χ2v) is 4.47. The first-order chi connectivity index (χ1) is 10.0. The first-order valence-corrected chi connectivity index (χ1v) is 6.49. The molecular formula is C16H15NO4. The second-order valence-electron chi connectivity index (χ2n) is 4.47. The molecule has 0 heterocycles. The number of aromatic hydroxyl groups is 1. The highest BCUT2D eigenvalue weighted by Gasteiger charge is 2.16. The van der Waals surface area contributed by atoms with Crippen molar-refractivity contribution in [2.75, 3.05) is 5.32 Å². The third kappa shape index (κ3) is 3.02. The first kappa shape index (κ1) is 14.6. The highest BCUT2D eigenvalue weighted by molar-refractivity contribution is 6.07. The molecule has 5 nitrogen and oxygen atoms in total. The molecule has 0 radical (unpaired) electrons. The number of amides is 1. The predicted molar refractivity (Wildman–Crippen MR) is 78.8 cm³/mol. The molecule has 2 rings (SSSR count). The molecule has 0 atom stereocenters. The van der Waals surface area contributed by atoms with Crippen molar-refractivity contribution in [1.82, 2.24) is 0 Å². The van der Waals surface area contributed by atoms with Crippen molar-refractivity contribution >= 4 is 17.6 Å². The van der Waals surface area contributed by atoms with Crippen LogP contribution in [0.3, 0.4) is 0 Å². The molecule has 2 aromatic carbocycles. The Balaban J connectivity index is 2.32. The number of rotatable bonds is 4. The fourth-order valence-electron chi connectivity index (χ4n) is 2.06. The highest BCUT2D eigenvalue weighted by Crippen LogP contribution is 2.28. The zero-order chi connectivity index (χ0) is 15.4. The minimum Gasteiger partial charge on any atom is -0.505 e. The number of para-hydroxylation sites is 1. The Bertz CT molecular complexity index is 694. The van der Waals surface area contributed by atoms with Crippen LogP contribution in [-0.2, 0) is 6.42 Å². The van der Waals surface area contributed by atoms with Gasteiger partial charge in [-0.3, -0.25) is 4.79 Å². The van der Waals surface area contributed by atoms with Crippen molar-refractivity contribution in [3.63, 3.8) is 0 Å². The van der Waals surface area contributed by atoms with Crippen molar-refractivity contribution in [2.45, 2.75) is 13.3 Å². The lowest BCUT2D eigenvalue weighted by molar-refractivity contribution is 0.0693. The first-order valence-electron chi connectivity index (χ1n) is 6.49. The molecule has 0 unspecified atom stereocenters. The summed E-state index contributed by atoms with van der Waals surface area (Å²) in [4.78, 5) is 23.2. The minimum atomic E-state index is -1.25. The standard InChI is InChI=1S/C16H15NO4/c1-2-10-6-3-4-7-11(10)15(19)17-13-9-5-8-12(14(13)18)16(20)21/h3-9,18H,2H2,1H3,(H,17,19)(H,20,21). The van der Waals surface area contributed by atoms with E-state index in [0.717, 1.165) is 5.56 Å². The summed E-state index contributed by atoms with van der Waals surface area (Å²) in [6.07, 6.45) is 0.699. The minimum absolute atomic E-state index is 0.0748. The van der Waals surface area contributed by atoms with Crippen LogP contribution >= 0.6 is 0 Å². The Hall–Kier alpha value is -2.82. The van der Waals surface area contributed by atoms with Gasteiger partial charge in [0.15, 0.2) is 5.75 Å². The monoisotopic (exact) mass is 285 g/mol. The molecule has 5 heteroatoms. The van der Waals surface area contributed by atoms with Gasteiger partial charge in [0.25, 0.3) is 5.91 Å². The Morgan fingerprint density at radius 2 is 1.71 bits per heavy atom. The lowest BCUT2D eigenvalue weighted by Crippen LogP contribution is -2.14. The summed E-state index contributed by atoms with van der Waals surface area (Å²) in [7, 11) is 0. The number of carbonyl (C=O) groups excluding carboxylic acids is 1. The molecule has 0 aliphatic carbocycles. The van der Waals surface area contributed by atoms with E-state index in [9.17, 15) is 14.7 Å². The number of aromatic carboxylic acids is 1. The number of hydrogen-bond donors (Lipinski definition) is 3. The largest absolute Gasteiger partial charge is 0.505 e. The van der Waals surface area contributed by atoms with Gasteiger partial charge in [-0.25, -0.2) is 4.79 Å². The van der Waals surface area contributed by atoms with Crippen LogP contribution in [0.5, 0.6) is 5.75 Å². The molecule has 0 fully saturated rings. The molecule has 0 spiro atoms. The van der Waals surface area contributed by atoms with Gasteiger partial charge < -0.3 is 15.5 Å². The van der Waals surface area contributed by atoms with Crippen LogP contribution in [0, 0.1) is 0 Å². The molecule has 0 aliphatic rings. The molecule has 0 bridgehead atoms. The normalized spacial score (nSPS) is 10.1. The maximum absolute atomic E-state index is 12.3. The number of hydrogen-bond acceptors (Lipinski definition) is 3. The summed E-state index contributed by atoms with van der Waals surface area (Å²) in [5, 5.41) is 21.4. The number of benzene rings is 2. The third-order valence-corrected chi connectivity index (χ3v) is 3.16. The number of carbonyl (C=O) groups is 2. The molecule has 21 heavy (non-hydrogen) atoms. The topological polar surface area (TPSA) is 86.6 Å². The van der Waals surface area contributed by atoms with Gasteiger partial charge in [0.2, 0.25) is 0 Å². The summed E-state index contributed by atoms with van der Waals surface area (Å²) in [5.74, 6) is -2.09. The average Bonchev–Trinajstić information content (AvgIpc) is 2.48. The van der Waals surface area contributed by atoms with Crippen molar-refractivity contribution in [3.05, 3.63) is 59.2 Å². The highest BCUT2D eigenvalue weighted by atomic mass is 16.4. The predicted octanol–water partition coefficient (Wildman–Crippen LogP) is 2.91. The molecule has 0 aliphatic heterocycles. The molecule has 108 valence electrons. The van der Waals surface area contributed by atoms with E-state index in [2.05, 4.69) is 5.32 Å². The lowest BCUT2D eigenvalue weighted by Gasteiger charge is -2.11. The fourth-order valence-corrected chi connectivity index (χ4v) is 2.06. The summed E-state index contributed by atoms with van der Waals surface area (Å²) < 4.78 is 0. The van der Waals surface area contributed by atoms with Gasteiger partial charge in [-0.2, -0.15) is 0 Å². The van der Waals surface area contributed by atoms with E-state index >= 15 is 0 Å². The van der Waals surface area contributed by atoms with E-state index in [0.29, 0.717) is 12.0 Å². The average molecular weight is 285 g/mol. The van der Waals surface area contributed by atoms with E-state index < -0.39 is 11.7 Å². The van der Waals surface area contributed by atoms with Crippen LogP contribution < -0.4 is 5.32 Å². The van der Waals surface area contributed by atoms with E-state index in [1.807, 2.05) is 19.1 Å². The van der Waals surface area contributed by atoms with Crippen LogP contribution in [0.25, 0.3) is 0 Å². The van der Waals surface area contributed by atoms with Crippen molar-refractivity contribution in [3.8, 4) is 5.75 Å². The van der Waals surface area contributed by atoms with Gasteiger partial charge in [0, 0.05) is 5.56 Å². The number of carboxylic acids is 1. The van der Waals surface area contributed by atoms with Crippen LogP contribution in [0.15, 0.2) is 42.5 Å². The van der Waals surface area contributed by atoms with E-state index in [1.54, 1.807) is 12.1 Å². The Morgan fingerprint density at radius 3 is 2.38 bits per heavy atom. The molecular weight excluding hydrogens is 270 g/mol. The number of aryl methyl sites for hydroxylation is 1. The second kappa shape index (κ2) is 6.09.